The number of aliphatic carboxylic acids is 1. The first-order valence-corrected chi connectivity index (χ1v) is 12.9. The summed E-state index contributed by atoms with van der Waals surface area (Å²) in [5.41, 5.74) is 0.988. The molecule has 2 aromatic carbocycles. The smallest absolute Gasteiger partial charge is 1.00 e. The summed E-state index contributed by atoms with van der Waals surface area (Å²) in [6, 6.07) is 11.4. The summed E-state index contributed by atoms with van der Waals surface area (Å²) in [5.74, 6) is -0.825. The number of carbonyl (C=O) groups is 1. The number of hydrogen-bond acceptors (Lipinski definition) is 7. The van der Waals surface area contributed by atoms with Gasteiger partial charge < -0.3 is 58.5 Å². The van der Waals surface area contributed by atoms with E-state index in [2.05, 4.69) is 20.8 Å². The maximum Gasteiger partial charge on any atom is 2.00 e. The number of hydrogen-bond donors (Lipinski definition) is 1. The molecule has 38 heavy (non-hydrogen) atoms. The minimum absolute atomic E-state index is 0. The van der Waals surface area contributed by atoms with E-state index in [1.165, 1.54) is 54.4 Å². The molecular formula is C22H27Cl3Mg3O8S2. The van der Waals surface area contributed by atoms with Crippen molar-refractivity contribution in [2.75, 3.05) is 12.5 Å². The molecule has 0 aromatic heterocycles. The molecule has 1 N–H and O–H groups in total. The molecule has 0 atom stereocenters. The Bertz CT molecular complexity index is 1120. The van der Waals surface area contributed by atoms with Crippen LogP contribution in [0.2, 0.25) is 0 Å². The van der Waals surface area contributed by atoms with E-state index in [0.29, 0.717) is 11.1 Å². The van der Waals surface area contributed by atoms with Crippen LogP contribution in [0.1, 0.15) is 31.9 Å². The molecule has 0 heterocycles. The third kappa shape index (κ3) is 27.9. The zero-order chi connectivity index (χ0) is 25.1. The Morgan fingerprint density at radius 1 is 0.763 bits per heavy atom. The normalized spacial score (nSPS) is 9.11. The van der Waals surface area contributed by atoms with Gasteiger partial charge in [-0.05, 0) is 35.4 Å². The van der Waals surface area contributed by atoms with Crippen LogP contribution in [-0.4, -0.2) is 110 Å². The summed E-state index contributed by atoms with van der Waals surface area (Å²) < 4.78 is 44.2. The monoisotopic (exact) mass is 660 g/mol. The summed E-state index contributed by atoms with van der Waals surface area (Å²) in [5, 5.41) is 28.8. The van der Waals surface area contributed by atoms with Crippen LogP contribution in [0, 0.1) is 5.92 Å². The third-order valence-corrected chi connectivity index (χ3v) is 5.56. The largest absolute Gasteiger partial charge is 2.00 e. The minimum Gasteiger partial charge on any atom is -1.00 e. The van der Waals surface area contributed by atoms with Crippen molar-refractivity contribution >= 4 is 101 Å². The van der Waals surface area contributed by atoms with E-state index in [0.717, 1.165) is 18.6 Å². The molecule has 0 saturated carbocycles. The SMILES string of the molecule is CS(=O)(=O)c1ccc(C=C([O-])[O-])cc1.CS(=O)(=O)c1ccc(CC(=O)O)cc1.C[C-](C)C.[Cl-].[Cl-].[Cl-].[Mg+2].[Mg+2].[Mg+2]. The van der Waals surface area contributed by atoms with Crippen molar-refractivity contribution in [1.82, 2.24) is 0 Å². The number of sulfone groups is 2. The second-order valence-electron chi connectivity index (χ2n) is 7.29. The van der Waals surface area contributed by atoms with Gasteiger partial charge in [-0.25, -0.2) is 22.8 Å². The van der Waals surface area contributed by atoms with Crippen LogP contribution in [-0.2, 0) is 30.9 Å². The van der Waals surface area contributed by atoms with Crippen LogP contribution in [0.5, 0.6) is 0 Å². The van der Waals surface area contributed by atoms with Gasteiger partial charge in [-0.1, -0.05) is 30.3 Å². The number of halogens is 3. The van der Waals surface area contributed by atoms with Gasteiger partial charge in [0, 0.05) is 12.5 Å². The van der Waals surface area contributed by atoms with Gasteiger partial charge in [0.2, 0.25) is 0 Å². The summed E-state index contributed by atoms with van der Waals surface area (Å²) in [7, 11) is -6.42. The second kappa shape index (κ2) is 26.2. The van der Waals surface area contributed by atoms with Gasteiger partial charge in [-0.3, -0.25) is 4.79 Å². The van der Waals surface area contributed by atoms with Gasteiger partial charge in [0.15, 0.2) is 19.7 Å². The van der Waals surface area contributed by atoms with Crippen molar-refractivity contribution in [3.05, 3.63) is 71.5 Å². The zero-order valence-electron chi connectivity index (χ0n) is 21.8. The third-order valence-electron chi connectivity index (χ3n) is 3.30. The fourth-order valence-corrected chi connectivity index (χ4v) is 3.24. The number of carboxylic acids is 1. The fourth-order valence-electron chi connectivity index (χ4n) is 1.98. The van der Waals surface area contributed by atoms with E-state index in [1.807, 2.05) is 0 Å². The second-order valence-corrected chi connectivity index (χ2v) is 11.3. The van der Waals surface area contributed by atoms with E-state index in [4.69, 9.17) is 5.11 Å². The maximum atomic E-state index is 11.1. The van der Waals surface area contributed by atoms with Gasteiger partial charge in [0.05, 0.1) is 16.2 Å². The zero-order valence-corrected chi connectivity index (χ0v) is 29.9. The van der Waals surface area contributed by atoms with Crippen LogP contribution in [0.3, 0.4) is 0 Å². The Balaban J connectivity index is -0.0000000778. The van der Waals surface area contributed by atoms with Crippen molar-refractivity contribution in [2.45, 2.75) is 37.0 Å². The Hall–Kier alpha value is 0.319. The van der Waals surface area contributed by atoms with Crippen LogP contribution in [0.15, 0.2) is 64.3 Å². The molecule has 0 spiro atoms. The molecule has 0 bridgehead atoms. The van der Waals surface area contributed by atoms with E-state index in [9.17, 15) is 31.8 Å². The predicted molar refractivity (Wildman–Crippen MR) is 136 cm³/mol. The van der Waals surface area contributed by atoms with Crippen molar-refractivity contribution in [2.24, 2.45) is 0 Å². The average Bonchev–Trinajstić information content (AvgIpc) is 2.60. The van der Waals surface area contributed by atoms with E-state index in [1.54, 1.807) is 0 Å². The van der Waals surface area contributed by atoms with Gasteiger partial charge in [-0.2, -0.15) is 20.8 Å². The van der Waals surface area contributed by atoms with Crippen molar-refractivity contribution < 1.29 is 74.2 Å². The molecule has 0 fully saturated rings. The molecule has 202 valence electrons. The van der Waals surface area contributed by atoms with Crippen LogP contribution in [0.25, 0.3) is 6.08 Å². The van der Waals surface area contributed by atoms with Gasteiger partial charge >= 0.3 is 75.1 Å². The summed E-state index contributed by atoms with van der Waals surface area (Å²) >= 11 is 0. The molecule has 0 amide bonds. The number of benzene rings is 2. The van der Waals surface area contributed by atoms with Crippen LogP contribution >= 0.6 is 0 Å². The molecule has 0 unspecified atom stereocenters. The topological polar surface area (TPSA) is 152 Å². The number of rotatable bonds is 5. The van der Waals surface area contributed by atoms with E-state index in [-0.39, 0.29) is 123 Å². The molecule has 16 heteroatoms. The Morgan fingerprint density at radius 3 is 1.29 bits per heavy atom. The van der Waals surface area contributed by atoms with Crippen molar-refractivity contribution in [3.63, 3.8) is 0 Å². The molecule has 2 aromatic rings. The Labute approximate surface area is 293 Å². The van der Waals surface area contributed by atoms with Gasteiger partial charge in [0.25, 0.3) is 0 Å². The molecule has 0 aliphatic heterocycles. The molecule has 0 aliphatic carbocycles. The molecular weight excluding hydrogens is 636 g/mol. The average molecular weight is 663 g/mol. The molecule has 8 nitrogen and oxygen atoms in total. The summed E-state index contributed by atoms with van der Waals surface area (Å²) in [4.78, 5) is 10.7. The first-order chi connectivity index (χ1) is 14.5. The predicted octanol–water partition coefficient (Wildman–Crippen LogP) is -8.68. The number of carboxylic acid groups (broad SMARTS) is 1. The Kier molecular flexibility index (Phi) is 37.6. The fraction of sp³-hybridized carbons (Fsp3) is 0.273. The first-order valence-electron chi connectivity index (χ1n) is 9.15. The quantitative estimate of drug-likeness (QED) is 0.188. The molecule has 0 aliphatic rings. The van der Waals surface area contributed by atoms with Gasteiger partial charge in [0.1, 0.15) is 0 Å². The van der Waals surface area contributed by atoms with Crippen LogP contribution in [0.4, 0.5) is 0 Å². The summed E-state index contributed by atoms with van der Waals surface area (Å²) in [6.07, 6.45) is 3.00. The van der Waals surface area contributed by atoms with E-state index < -0.39 is 31.6 Å². The molecule has 0 saturated heterocycles. The van der Waals surface area contributed by atoms with Crippen molar-refractivity contribution in [3.8, 4) is 0 Å². The summed E-state index contributed by atoms with van der Waals surface area (Å²) in [6.45, 7) is 6.25. The van der Waals surface area contributed by atoms with Crippen LogP contribution < -0.4 is 47.4 Å². The standard InChI is InChI=1S/2C9H10O4S.C4H9.3ClH.3Mg/c2*1-14(12,13)8-4-2-7(3-5-8)6-9(10)11;1-4(2)3;;;;;;/h2-5H,6H2,1H3,(H,10,11);2-6,10-11H,1H3;1-3H3;3*1H;;;/q;;-1;;;;3*+2/p-5. The van der Waals surface area contributed by atoms with Gasteiger partial charge in [-0.15, -0.1) is 0 Å². The first kappa shape index (κ1) is 54.4. The van der Waals surface area contributed by atoms with E-state index >= 15 is 0 Å². The molecule has 2 rings (SSSR count). The Morgan fingerprint density at radius 2 is 1.05 bits per heavy atom. The molecule has 0 radical (unpaired) electrons. The minimum atomic E-state index is -3.22. The maximum absolute atomic E-state index is 11.1. The van der Waals surface area contributed by atoms with Crippen molar-refractivity contribution in [1.29, 1.82) is 0 Å².